The monoisotopic (exact) mass is 396 g/mol. The minimum atomic E-state index is 0.334. The third-order valence-corrected chi connectivity index (χ3v) is 4.99. The van der Waals surface area contributed by atoms with Crippen LogP contribution in [0.15, 0.2) is 52.8 Å². The van der Waals surface area contributed by atoms with E-state index >= 15 is 0 Å². The summed E-state index contributed by atoms with van der Waals surface area (Å²) in [6.45, 7) is 2.60. The van der Waals surface area contributed by atoms with Crippen LogP contribution in [0.25, 0.3) is 11.3 Å². The molecule has 6 nitrogen and oxygen atoms in total. The van der Waals surface area contributed by atoms with E-state index in [2.05, 4.69) is 44.9 Å². The Kier molecular flexibility index (Phi) is 6.49. The van der Waals surface area contributed by atoms with Crippen LogP contribution in [0.2, 0.25) is 0 Å². The van der Waals surface area contributed by atoms with Gasteiger partial charge in [0.2, 0.25) is 0 Å². The van der Waals surface area contributed by atoms with Gasteiger partial charge in [0.05, 0.1) is 30.6 Å². The van der Waals surface area contributed by atoms with Crippen molar-refractivity contribution in [2.24, 2.45) is 10.7 Å². The smallest absolute Gasteiger partial charge is 0.193 e. The Balaban J connectivity index is 1.58. The van der Waals surface area contributed by atoms with Crippen molar-refractivity contribution < 1.29 is 9.47 Å². The number of guanidine groups is 1. The molecule has 2 aromatic carbocycles. The molecular formula is C21H24N4O2S. The summed E-state index contributed by atoms with van der Waals surface area (Å²) in [6.07, 6.45) is 0.800. The molecule has 0 aliphatic rings. The molecule has 7 heteroatoms. The maximum atomic E-state index is 6.02. The van der Waals surface area contributed by atoms with Gasteiger partial charge in [-0.1, -0.05) is 24.3 Å². The van der Waals surface area contributed by atoms with Crippen molar-refractivity contribution in [2.45, 2.75) is 13.3 Å². The number of anilines is 1. The van der Waals surface area contributed by atoms with Gasteiger partial charge in [-0.05, 0) is 31.0 Å². The molecular weight excluding hydrogens is 372 g/mol. The molecule has 146 valence electrons. The van der Waals surface area contributed by atoms with Crippen molar-refractivity contribution >= 4 is 23.0 Å². The number of aliphatic imine (C=N–C) groups is 1. The van der Waals surface area contributed by atoms with Gasteiger partial charge in [-0.3, -0.25) is 4.99 Å². The van der Waals surface area contributed by atoms with Crippen molar-refractivity contribution in [3.05, 3.63) is 58.4 Å². The molecule has 0 atom stereocenters. The normalized spacial score (nSPS) is 11.3. The van der Waals surface area contributed by atoms with E-state index in [-0.39, 0.29) is 0 Å². The first-order valence-electron chi connectivity index (χ1n) is 8.89. The predicted molar refractivity (Wildman–Crippen MR) is 116 cm³/mol. The van der Waals surface area contributed by atoms with Crippen LogP contribution in [0.5, 0.6) is 11.5 Å². The number of ether oxygens (including phenoxy) is 2. The highest BCUT2D eigenvalue weighted by Gasteiger charge is 2.06. The minimum Gasteiger partial charge on any atom is -0.497 e. The highest BCUT2D eigenvalue weighted by atomic mass is 32.1. The van der Waals surface area contributed by atoms with Crippen molar-refractivity contribution in [2.75, 3.05) is 26.1 Å². The van der Waals surface area contributed by atoms with E-state index in [1.54, 1.807) is 25.6 Å². The van der Waals surface area contributed by atoms with Gasteiger partial charge >= 0.3 is 0 Å². The molecule has 0 amide bonds. The van der Waals surface area contributed by atoms with Crippen molar-refractivity contribution in [1.29, 1.82) is 0 Å². The number of hydrogen-bond acceptors (Lipinski definition) is 5. The summed E-state index contributed by atoms with van der Waals surface area (Å²) >= 11 is 1.66. The summed E-state index contributed by atoms with van der Waals surface area (Å²) < 4.78 is 10.6. The highest BCUT2D eigenvalue weighted by Crippen LogP contribution is 2.28. The van der Waals surface area contributed by atoms with Gasteiger partial charge in [-0.15, -0.1) is 11.3 Å². The SMILES string of the molecule is COc1ccc(OC)c(NC(N)=NCCc2ccc(-c3csc(C)n3)cc2)c1. The number of nitrogens with zero attached hydrogens (tertiary/aromatic N) is 2. The van der Waals surface area contributed by atoms with Crippen LogP contribution in [0.3, 0.4) is 0 Å². The zero-order valence-corrected chi connectivity index (χ0v) is 17.0. The minimum absolute atomic E-state index is 0.334. The van der Waals surface area contributed by atoms with Crippen LogP contribution in [0.4, 0.5) is 5.69 Å². The fourth-order valence-electron chi connectivity index (χ4n) is 2.73. The lowest BCUT2D eigenvalue weighted by Crippen LogP contribution is -2.23. The molecule has 0 aliphatic carbocycles. The van der Waals surface area contributed by atoms with E-state index in [0.29, 0.717) is 29.7 Å². The molecule has 0 bridgehead atoms. The molecule has 3 aromatic rings. The standard InChI is InChI=1S/C21H24N4O2S/c1-14-24-19(13-28-14)16-6-4-15(5-7-16)10-11-23-21(22)25-18-12-17(26-2)8-9-20(18)27-3/h4-9,12-13H,10-11H2,1-3H3,(H3,22,23,25). The van der Waals surface area contributed by atoms with E-state index in [9.17, 15) is 0 Å². The van der Waals surface area contributed by atoms with Crippen LogP contribution in [-0.4, -0.2) is 31.7 Å². The first-order chi connectivity index (χ1) is 13.6. The summed E-state index contributed by atoms with van der Waals surface area (Å²) in [6, 6.07) is 13.9. The largest absolute Gasteiger partial charge is 0.497 e. The number of aromatic nitrogens is 1. The summed E-state index contributed by atoms with van der Waals surface area (Å²) in [5.74, 6) is 1.72. The maximum Gasteiger partial charge on any atom is 0.193 e. The summed E-state index contributed by atoms with van der Waals surface area (Å²) in [4.78, 5) is 8.92. The quantitative estimate of drug-likeness (QED) is 0.464. The molecule has 1 heterocycles. The molecule has 0 spiro atoms. The van der Waals surface area contributed by atoms with E-state index in [0.717, 1.165) is 22.7 Å². The first-order valence-corrected chi connectivity index (χ1v) is 9.77. The van der Waals surface area contributed by atoms with Gasteiger partial charge in [0, 0.05) is 23.6 Å². The lowest BCUT2D eigenvalue weighted by atomic mass is 10.1. The third-order valence-electron chi connectivity index (χ3n) is 4.22. The number of hydrogen-bond donors (Lipinski definition) is 2. The molecule has 28 heavy (non-hydrogen) atoms. The summed E-state index contributed by atoms with van der Waals surface area (Å²) in [5, 5.41) is 6.22. The number of methoxy groups -OCH3 is 2. The molecule has 3 rings (SSSR count). The van der Waals surface area contributed by atoms with Gasteiger partial charge in [-0.25, -0.2) is 4.98 Å². The first kappa shape index (κ1) is 19.7. The van der Waals surface area contributed by atoms with E-state index < -0.39 is 0 Å². The Morgan fingerprint density at radius 3 is 2.57 bits per heavy atom. The fraction of sp³-hybridized carbons (Fsp3) is 0.238. The van der Waals surface area contributed by atoms with Crippen LogP contribution < -0.4 is 20.5 Å². The molecule has 3 N–H and O–H groups in total. The molecule has 1 aromatic heterocycles. The van der Waals surface area contributed by atoms with Gasteiger partial charge < -0.3 is 20.5 Å². The fourth-order valence-corrected chi connectivity index (χ4v) is 3.35. The Labute approximate surface area is 169 Å². The average molecular weight is 397 g/mol. The van der Waals surface area contributed by atoms with Gasteiger partial charge in [0.25, 0.3) is 0 Å². The zero-order chi connectivity index (χ0) is 19.9. The molecule has 0 aliphatic heterocycles. The molecule has 0 saturated carbocycles. The number of benzene rings is 2. The molecule has 0 fully saturated rings. The van der Waals surface area contributed by atoms with Crippen molar-refractivity contribution in [3.8, 4) is 22.8 Å². The van der Waals surface area contributed by atoms with Crippen LogP contribution in [-0.2, 0) is 6.42 Å². The Bertz CT molecular complexity index is 951. The van der Waals surface area contributed by atoms with Crippen LogP contribution in [0.1, 0.15) is 10.6 Å². The topological polar surface area (TPSA) is 81.8 Å². The Morgan fingerprint density at radius 1 is 1.14 bits per heavy atom. The van der Waals surface area contributed by atoms with E-state index in [1.165, 1.54) is 5.56 Å². The van der Waals surface area contributed by atoms with Crippen molar-refractivity contribution in [1.82, 2.24) is 4.98 Å². The van der Waals surface area contributed by atoms with Gasteiger partial charge in [0.15, 0.2) is 5.96 Å². The second-order valence-corrected chi connectivity index (χ2v) is 7.22. The lowest BCUT2D eigenvalue weighted by Gasteiger charge is -2.12. The Hall–Kier alpha value is -3.06. The number of aryl methyl sites for hydroxylation is 1. The van der Waals surface area contributed by atoms with Crippen LogP contribution in [0, 0.1) is 6.92 Å². The Morgan fingerprint density at radius 2 is 1.93 bits per heavy atom. The zero-order valence-electron chi connectivity index (χ0n) is 16.2. The predicted octanol–water partition coefficient (Wildman–Crippen LogP) is 4.11. The van der Waals surface area contributed by atoms with Gasteiger partial charge in [-0.2, -0.15) is 0 Å². The van der Waals surface area contributed by atoms with Crippen molar-refractivity contribution in [3.63, 3.8) is 0 Å². The summed E-state index contributed by atoms with van der Waals surface area (Å²) in [7, 11) is 3.22. The lowest BCUT2D eigenvalue weighted by molar-refractivity contribution is 0.405. The van der Waals surface area contributed by atoms with E-state index in [1.807, 2.05) is 25.1 Å². The van der Waals surface area contributed by atoms with Crippen LogP contribution >= 0.6 is 11.3 Å². The third kappa shape index (κ3) is 5.01. The van der Waals surface area contributed by atoms with E-state index in [4.69, 9.17) is 15.2 Å². The number of nitrogens with two attached hydrogens (primary N) is 1. The maximum absolute atomic E-state index is 6.02. The number of thiazole rings is 1. The molecule has 0 unspecified atom stereocenters. The average Bonchev–Trinajstić information content (AvgIpc) is 3.14. The number of nitrogens with one attached hydrogen (secondary N) is 1. The van der Waals surface area contributed by atoms with Gasteiger partial charge in [0.1, 0.15) is 11.5 Å². The highest BCUT2D eigenvalue weighted by molar-refractivity contribution is 7.09. The number of rotatable bonds is 7. The second kappa shape index (κ2) is 9.23. The molecule has 0 radical (unpaired) electrons. The molecule has 0 saturated heterocycles. The summed E-state index contributed by atoms with van der Waals surface area (Å²) in [5.41, 5.74) is 10.1. The second-order valence-electron chi connectivity index (χ2n) is 6.16.